The Morgan fingerprint density at radius 1 is 1.50 bits per heavy atom. The number of halogens is 2. The van der Waals surface area contributed by atoms with Crippen LogP contribution in [0.5, 0.6) is 0 Å². The summed E-state index contributed by atoms with van der Waals surface area (Å²) in [6.45, 7) is 5.00. The van der Waals surface area contributed by atoms with E-state index in [1.165, 1.54) is 5.56 Å². The van der Waals surface area contributed by atoms with Gasteiger partial charge in [-0.15, -0.1) is 11.6 Å². The third-order valence-electron chi connectivity index (χ3n) is 3.40. The number of ether oxygens (including phenoxy) is 1. The largest absolute Gasteiger partial charge is 0.373 e. The summed E-state index contributed by atoms with van der Waals surface area (Å²) in [4.78, 5) is 0. The van der Waals surface area contributed by atoms with Crippen LogP contribution < -0.4 is 0 Å². The second-order valence-electron chi connectivity index (χ2n) is 4.95. The first-order valence-corrected chi connectivity index (χ1v) is 6.73. The van der Waals surface area contributed by atoms with Crippen molar-refractivity contribution in [1.82, 2.24) is 0 Å². The monoisotopic (exact) mass is 302 g/mol. The maximum atomic E-state index is 6.15. The molecule has 1 aromatic rings. The van der Waals surface area contributed by atoms with Crippen molar-refractivity contribution >= 4 is 27.5 Å². The molecule has 2 rings (SSSR count). The van der Waals surface area contributed by atoms with Gasteiger partial charge in [0.1, 0.15) is 0 Å². The fourth-order valence-electron chi connectivity index (χ4n) is 1.94. The summed E-state index contributed by atoms with van der Waals surface area (Å²) >= 11 is 9.61. The molecule has 0 N–H and O–H groups in total. The highest BCUT2D eigenvalue weighted by atomic mass is 79.9. The molecule has 16 heavy (non-hydrogen) atoms. The molecule has 2 unspecified atom stereocenters. The standard InChI is InChI=1S/C13H16BrClO/c1-13(2)11(15)7-12(13)16-8-9-4-3-5-10(14)6-9/h3-6,11-12H,7-8H2,1-2H3. The molecule has 0 saturated heterocycles. The van der Waals surface area contributed by atoms with Crippen LogP contribution in [-0.2, 0) is 11.3 Å². The molecule has 0 bridgehead atoms. The zero-order valence-corrected chi connectivity index (χ0v) is 11.9. The number of rotatable bonds is 3. The van der Waals surface area contributed by atoms with Gasteiger partial charge in [0.2, 0.25) is 0 Å². The van der Waals surface area contributed by atoms with Crippen molar-refractivity contribution in [3.05, 3.63) is 34.3 Å². The van der Waals surface area contributed by atoms with Crippen LogP contribution in [0.15, 0.2) is 28.7 Å². The third-order valence-corrected chi connectivity index (χ3v) is 4.63. The van der Waals surface area contributed by atoms with Gasteiger partial charge in [-0.25, -0.2) is 0 Å². The van der Waals surface area contributed by atoms with Crippen LogP contribution in [0.2, 0.25) is 0 Å². The van der Waals surface area contributed by atoms with Crippen molar-refractivity contribution in [2.75, 3.05) is 0 Å². The first-order valence-electron chi connectivity index (χ1n) is 5.50. The van der Waals surface area contributed by atoms with E-state index in [0.717, 1.165) is 10.9 Å². The van der Waals surface area contributed by atoms with E-state index in [1.807, 2.05) is 12.1 Å². The fraction of sp³-hybridized carbons (Fsp3) is 0.538. The summed E-state index contributed by atoms with van der Waals surface area (Å²) < 4.78 is 6.99. The van der Waals surface area contributed by atoms with E-state index >= 15 is 0 Å². The molecular formula is C13H16BrClO. The normalized spacial score (nSPS) is 27.5. The van der Waals surface area contributed by atoms with Gasteiger partial charge in [0.15, 0.2) is 0 Å². The van der Waals surface area contributed by atoms with Gasteiger partial charge in [0, 0.05) is 15.3 Å². The van der Waals surface area contributed by atoms with Crippen LogP contribution in [0.1, 0.15) is 25.8 Å². The molecule has 1 saturated carbocycles. The van der Waals surface area contributed by atoms with Crippen LogP contribution in [0, 0.1) is 5.41 Å². The molecule has 0 radical (unpaired) electrons. The van der Waals surface area contributed by atoms with E-state index < -0.39 is 0 Å². The van der Waals surface area contributed by atoms with Crippen molar-refractivity contribution in [3.63, 3.8) is 0 Å². The number of hydrogen-bond acceptors (Lipinski definition) is 1. The molecule has 88 valence electrons. The molecule has 3 heteroatoms. The highest BCUT2D eigenvalue weighted by molar-refractivity contribution is 9.10. The Balaban J connectivity index is 1.89. The van der Waals surface area contributed by atoms with E-state index in [2.05, 4.69) is 41.9 Å². The van der Waals surface area contributed by atoms with Crippen molar-refractivity contribution in [1.29, 1.82) is 0 Å². The third kappa shape index (κ3) is 2.44. The van der Waals surface area contributed by atoms with E-state index in [1.54, 1.807) is 0 Å². The number of benzene rings is 1. The molecule has 1 fully saturated rings. The molecule has 0 amide bonds. The molecule has 0 aliphatic heterocycles. The van der Waals surface area contributed by atoms with Gasteiger partial charge in [-0.1, -0.05) is 41.9 Å². The van der Waals surface area contributed by atoms with Gasteiger partial charge in [-0.2, -0.15) is 0 Å². The maximum Gasteiger partial charge on any atom is 0.0721 e. The van der Waals surface area contributed by atoms with Gasteiger partial charge < -0.3 is 4.74 Å². The lowest BCUT2D eigenvalue weighted by Gasteiger charge is -2.48. The Morgan fingerprint density at radius 3 is 2.81 bits per heavy atom. The summed E-state index contributed by atoms with van der Waals surface area (Å²) in [5, 5.41) is 0.250. The SMILES string of the molecule is CC1(C)C(Cl)CC1OCc1cccc(Br)c1. The molecule has 1 aliphatic rings. The Labute approximate surface area is 110 Å². The van der Waals surface area contributed by atoms with Gasteiger partial charge in [0.25, 0.3) is 0 Å². The second-order valence-corrected chi connectivity index (χ2v) is 6.40. The Kier molecular flexibility index (Phi) is 3.62. The Morgan fingerprint density at radius 2 is 2.25 bits per heavy atom. The average molecular weight is 304 g/mol. The number of alkyl halides is 1. The molecule has 1 aliphatic carbocycles. The second kappa shape index (κ2) is 4.67. The smallest absolute Gasteiger partial charge is 0.0721 e. The van der Waals surface area contributed by atoms with E-state index in [-0.39, 0.29) is 16.9 Å². The lowest BCUT2D eigenvalue weighted by Crippen LogP contribution is -2.51. The lowest BCUT2D eigenvalue weighted by molar-refractivity contribution is -0.0967. The summed E-state index contributed by atoms with van der Waals surface area (Å²) in [7, 11) is 0. The van der Waals surface area contributed by atoms with Crippen LogP contribution in [0.4, 0.5) is 0 Å². The van der Waals surface area contributed by atoms with Crippen molar-refractivity contribution < 1.29 is 4.74 Å². The van der Waals surface area contributed by atoms with Gasteiger partial charge in [-0.05, 0) is 24.1 Å². The van der Waals surface area contributed by atoms with E-state index in [0.29, 0.717) is 6.61 Å². The van der Waals surface area contributed by atoms with E-state index in [9.17, 15) is 0 Å². The molecular weight excluding hydrogens is 287 g/mol. The zero-order chi connectivity index (χ0) is 11.8. The highest BCUT2D eigenvalue weighted by Gasteiger charge is 2.47. The minimum absolute atomic E-state index is 0.105. The summed E-state index contributed by atoms with van der Waals surface area (Å²) in [5.74, 6) is 0. The highest BCUT2D eigenvalue weighted by Crippen LogP contribution is 2.46. The van der Waals surface area contributed by atoms with Gasteiger partial charge >= 0.3 is 0 Å². The molecule has 0 aromatic heterocycles. The lowest BCUT2D eigenvalue weighted by atomic mass is 9.68. The minimum atomic E-state index is 0.105. The average Bonchev–Trinajstić information content (AvgIpc) is 2.24. The van der Waals surface area contributed by atoms with Gasteiger partial charge in [0.05, 0.1) is 12.7 Å². The predicted octanol–water partition coefficient (Wildman–Crippen LogP) is 4.37. The summed E-state index contributed by atoms with van der Waals surface area (Å²) in [6, 6.07) is 8.21. The summed E-state index contributed by atoms with van der Waals surface area (Å²) in [5.41, 5.74) is 1.30. The molecule has 0 heterocycles. The minimum Gasteiger partial charge on any atom is -0.373 e. The fourth-order valence-corrected chi connectivity index (χ4v) is 2.69. The predicted molar refractivity (Wildman–Crippen MR) is 70.8 cm³/mol. The van der Waals surface area contributed by atoms with Crippen molar-refractivity contribution in [3.8, 4) is 0 Å². The first-order chi connectivity index (χ1) is 7.50. The number of hydrogen-bond donors (Lipinski definition) is 0. The Hall–Kier alpha value is -0.0500. The quantitative estimate of drug-likeness (QED) is 0.753. The van der Waals surface area contributed by atoms with Crippen molar-refractivity contribution in [2.45, 2.75) is 38.4 Å². The van der Waals surface area contributed by atoms with Crippen LogP contribution in [-0.4, -0.2) is 11.5 Å². The maximum absolute atomic E-state index is 6.15. The zero-order valence-electron chi connectivity index (χ0n) is 9.54. The molecule has 1 aromatic carbocycles. The van der Waals surface area contributed by atoms with Crippen LogP contribution >= 0.6 is 27.5 Å². The van der Waals surface area contributed by atoms with Crippen molar-refractivity contribution in [2.24, 2.45) is 5.41 Å². The topological polar surface area (TPSA) is 9.23 Å². The molecule has 2 atom stereocenters. The molecule has 0 spiro atoms. The van der Waals surface area contributed by atoms with Crippen LogP contribution in [0.3, 0.4) is 0 Å². The first kappa shape index (κ1) is 12.4. The van der Waals surface area contributed by atoms with E-state index in [4.69, 9.17) is 16.3 Å². The van der Waals surface area contributed by atoms with Gasteiger partial charge in [-0.3, -0.25) is 0 Å². The molecule has 1 nitrogen and oxygen atoms in total. The summed E-state index contributed by atoms with van der Waals surface area (Å²) in [6.07, 6.45) is 1.25. The Bertz CT molecular complexity index is 378. The van der Waals surface area contributed by atoms with Crippen LogP contribution in [0.25, 0.3) is 0 Å².